The van der Waals surface area contributed by atoms with Gasteiger partial charge in [0.25, 0.3) is 0 Å². The second-order valence-electron chi connectivity index (χ2n) is 4.71. The van der Waals surface area contributed by atoms with Crippen LogP contribution in [0.4, 0.5) is 5.69 Å². The maximum Gasteiger partial charge on any atom is 0.171 e. The van der Waals surface area contributed by atoms with Crippen LogP contribution in [0.1, 0.15) is 11.1 Å². The minimum Gasteiger partial charge on any atom is -0.398 e. The van der Waals surface area contributed by atoms with E-state index in [-0.39, 0.29) is 0 Å². The molecule has 96 valence electrons. The van der Waals surface area contributed by atoms with Gasteiger partial charge in [0.1, 0.15) is 0 Å². The number of fused-ring (bicyclic) bond motifs is 1. The van der Waals surface area contributed by atoms with E-state index in [1.54, 1.807) is 11.8 Å². The van der Waals surface area contributed by atoms with Gasteiger partial charge in [-0.25, -0.2) is 4.98 Å². The molecule has 3 rings (SSSR count). The van der Waals surface area contributed by atoms with Crippen molar-refractivity contribution in [1.29, 1.82) is 0 Å². The van der Waals surface area contributed by atoms with E-state index in [2.05, 4.69) is 35.1 Å². The fraction of sp³-hybridized carbons (Fsp3) is 0.133. The highest BCUT2D eigenvalue weighted by molar-refractivity contribution is 7.99. The minimum atomic E-state index is 0.793. The molecule has 0 saturated carbocycles. The van der Waals surface area contributed by atoms with Crippen LogP contribution in [0.3, 0.4) is 0 Å². The summed E-state index contributed by atoms with van der Waals surface area (Å²) < 4.78 is 0. The van der Waals surface area contributed by atoms with Crippen molar-refractivity contribution < 1.29 is 0 Å². The van der Waals surface area contributed by atoms with Crippen LogP contribution in [-0.2, 0) is 0 Å². The summed E-state index contributed by atoms with van der Waals surface area (Å²) in [7, 11) is 0. The molecule has 0 radical (unpaired) electrons. The molecule has 3 N–H and O–H groups in total. The maximum atomic E-state index is 6.03. The number of nitrogens with two attached hydrogens (primary N) is 1. The number of H-pyrrole nitrogens is 1. The molecule has 0 aliphatic rings. The number of nitrogens with one attached hydrogen (secondary N) is 1. The van der Waals surface area contributed by atoms with E-state index < -0.39 is 0 Å². The number of anilines is 1. The topological polar surface area (TPSA) is 54.7 Å². The molecule has 0 atom stereocenters. The van der Waals surface area contributed by atoms with Crippen molar-refractivity contribution in [1.82, 2.24) is 9.97 Å². The smallest absolute Gasteiger partial charge is 0.171 e. The molecular weight excluding hydrogens is 254 g/mol. The first-order valence-electron chi connectivity index (χ1n) is 6.12. The summed E-state index contributed by atoms with van der Waals surface area (Å²) in [4.78, 5) is 8.92. The molecule has 0 amide bonds. The van der Waals surface area contributed by atoms with Gasteiger partial charge in [0.05, 0.1) is 11.0 Å². The van der Waals surface area contributed by atoms with E-state index >= 15 is 0 Å². The van der Waals surface area contributed by atoms with Crippen LogP contribution in [0.2, 0.25) is 0 Å². The lowest BCUT2D eigenvalue weighted by Crippen LogP contribution is -1.89. The number of nitrogen functional groups attached to an aromatic ring is 1. The molecular formula is C15H15N3S. The van der Waals surface area contributed by atoms with Crippen molar-refractivity contribution in [3.05, 3.63) is 47.5 Å². The van der Waals surface area contributed by atoms with Gasteiger partial charge in [-0.1, -0.05) is 12.1 Å². The van der Waals surface area contributed by atoms with Crippen molar-refractivity contribution in [3.63, 3.8) is 0 Å². The summed E-state index contributed by atoms with van der Waals surface area (Å²) in [5, 5.41) is 0.871. The van der Waals surface area contributed by atoms with Crippen molar-refractivity contribution in [2.75, 3.05) is 5.73 Å². The average molecular weight is 269 g/mol. The van der Waals surface area contributed by atoms with Crippen molar-refractivity contribution in [3.8, 4) is 0 Å². The Hall–Kier alpha value is -1.94. The Morgan fingerprint density at radius 3 is 2.58 bits per heavy atom. The van der Waals surface area contributed by atoms with Crippen LogP contribution in [0, 0.1) is 13.8 Å². The number of hydrogen-bond acceptors (Lipinski definition) is 3. The van der Waals surface area contributed by atoms with Gasteiger partial charge in [0.15, 0.2) is 5.16 Å². The van der Waals surface area contributed by atoms with Gasteiger partial charge in [-0.05, 0) is 61.0 Å². The van der Waals surface area contributed by atoms with Crippen LogP contribution in [0.15, 0.2) is 46.5 Å². The van der Waals surface area contributed by atoms with Gasteiger partial charge in [-0.15, -0.1) is 0 Å². The highest BCUT2D eigenvalue weighted by Crippen LogP contribution is 2.31. The predicted octanol–water partition coefficient (Wildman–Crippen LogP) is 3.91. The first-order valence-corrected chi connectivity index (χ1v) is 6.94. The summed E-state index contributed by atoms with van der Waals surface area (Å²) in [6.45, 7) is 4.11. The van der Waals surface area contributed by atoms with Gasteiger partial charge >= 0.3 is 0 Å². The zero-order valence-electron chi connectivity index (χ0n) is 10.9. The number of nitrogens with zero attached hydrogens (tertiary/aromatic N) is 1. The Bertz CT molecular complexity index is 746. The van der Waals surface area contributed by atoms with E-state index in [4.69, 9.17) is 5.73 Å². The summed E-state index contributed by atoms with van der Waals surface area (Å²) in [6, 6.07) is 12.3. The van der Waals surface area contributed by atoms with E-state index in [1.165, 1.54) is 11.1 Å². The number of aromatic amines is 1. The first kappa shape index (κ1) is 12.1. The molecule has 0 saturated heterocycles. The van der Waals surface area contributed by atoms with E-state index in [0.717, 1.165) is 26.8 Å². The third-order valence-electron chi connectivity index (χ3n) is 2.99. The Morgan fingerprint density at radius 1 is 1.05 bits per heavy atom. The van der Waals surface area contributed by atoms with E-state index in [1.807, 2.05) is 25.1 Å². The fourth-order valence-electron chi connectivity index (χ4n) is 2.01. The lowest BCUT2D eigenvalue weighted by atomic mass is 10.2. The third-order valence-corrected chi connectivity index (χ3v) is 3.97. The van der Waals surface area contributed by atoms with Gasteiger partial charge in [0.2, 0.25) is 0 Å². The van der Waals surface area contributed by atoms with Gasteiger partial charge in [-0.2, -0.15) is 0 Å². The Labute approximate surface area is 116 Å². The average Bonchev–Trinajstić information content (AvgIpc) is 2.74. The summed E-state index contributed by atoms with van der Waals surface area (Å²) in [5.41, 5.74) is 11.3. The monoisotopic (exact) mass is 269 g/mol. The van der Waals surface area contributed by atoms with Crippen molar-refractivity contribution in [2.24, 2.45) is 0 Å². The van der Waals surface area contributed by atoms with Crippen LogP contribution in [-0.4, -0.2) is 9.97 Å². The number of imidazole rings is 1. The molecule has 3 aromatic rings. The highest BCUT2D eigenvalue weighted by atomic mass is 32.2. The van der Waals surface area contributed by atoms with E-state index in [0.29, 0.717) is 0 Å². The van der Waals surface area contributed by atoms with Crippen LogP contribution in [0.25, 0.3) is 11.0 Å². The van der Waals surface area contributed by atoms with Crippen molar-refractivity contribution in [2.45, 2.75) is 23.9 Å². The number of rotatable bonds is 2. The van der Waals surface area contributed by atoms with Crippen LogP contribution >= 0.6 is 11.8 Å². The molecule has 0 aliphatic heterocycles. The molecule has 4 heteroatoms. The quantitative estimate of drug-likeness (QED) is 0.693. The first-order chi connectivity index (χ1) is 9.11. The molecule has 1 heterocycles. The van der Waals surface area contributed by atoms with Gasteiger partial charge < -0.3 is 10.7 Å². The fourth-order valence-corrected chi connectivity index (χ4v) is 2.84. The number of hydrogen-bond donors (Lipinski definition) is 2. The SMILES string of the molecule is Cc1ccc(Sc2nc3ccc(C)cc3[nH]2)c(N)c1. The molecule has 0 unspecified atom stereocenters. The molecule has 2 aromatic carbocycles. The molecule has 0 bridgehead atoms. The normalized spacial score (nSPS) is 11.1. The molecule has 3 nitrogen and oxygen atoms in total. The summed E-state index contributed by atoms with van der Waals surface area (Å²) in [6.07, 6.45) is 0. The lowest BCUT2D eigenvalue weighted by Gasteiger charge is -2.03. The Balaban J connectivity index is 1.96. The predicted molar refractivity (Wildman–Crippen MR) is 80.5 cm³/mol. The zero-order chi connectivity index (χ0) is 13.4. The largest absolute Gasteiger partial charge is 0.398 e. The second-order valence-corrected chi connectivity index (χ2v) is 5.74. The molecule has 1 aromatic heterocycles. The molecule has 19 heavy (non-hydrogen) atoms. The second kappa shape index (κ2) is 4.63. The Kier molecular flexibility index (Phi) is 2.95. The number of aromatic nitrogens is 2. The highest BCUT2D eigenvalue weighted by Gasteiger charge is 2.07. The standard InChI is InChI=1S/C15H15N3S/c1-9-4-6-14(11(16)7-9)19-15-17-12-5-3-10(2)8-13(12)18-15/h3-8H,16H2,1-2H3,(H,17,18). The van der Waals surface area contributed by atoms with Crippen LogP contribution in [0.5, 0.6) is 0 Å². The van der Waals surface area contributed by atoms with E-state index in [9.17, 15) is 0 Å². The molecule has 0 fully saturated rings. The summed E-state index contributed by atoms with van der Waals surface area (Å²) in [5.74, 6) is 0. The zero-order valence-corrected chi connectivity index (χ0v) is 11.7. The Morgan fingerprint density at radius 2 is 1.79 bits per heavy atom. The lowest BCUT2D eigenvalue weighted by molar-refractivity contribution is 1.08. The molecule has 0 aliphatic carbocycles. The van der Waals surface area contributed by atoms with Crippen molar-refractivity contribution >= 4 is 28.5 Å². The van der Waals surface area contributed by atoms with Crippen LogP contribution < -0.4 is 5.73 Å². The summed E-state index contributed by atoms with van der Waals surface area (Å²) >= 11 is 1.56. The number of benzene rings is 2. The minimum absolute atomic E-state index is 0.793. The molecule has 0 spiro atoms. The third kappa shape index (κ3) is 2.44. The van der Waals surface area contributed by atoms with Gasteiger partial charge in [-0.3, -0.25) is 0 Å². The number of aryl methyl sites for hydroxylation is 2. The maximum absolute atomic E-state index is 6.03. The van der Waals surface area contributed by atoms with Gasteiger partial charge in [0, 0.05) is 10.6 Å².